The Balaban J connectivity index is 2.35. The van der Waals surface area contributed by atoms with Gasteiger partial charge in [-0.3, -0.25) is 4.68 Å². The van der Waals surface area contributed by atoms with Crippen LogP contribution in [0.2, 0.25) is 0 Å². The predicted molar refractivity (Wildman–Crippen MR) is 68.1 cm³/mol. The minimum Gasteiger partial charge on any atom is -0.319 e. The van der Waals surface area contributed by atoms with E-state index in [9.17, 15) is 0 Å². The maximum absolute atomic E-state index is 6.22. The van der Waals surface area contributed by atoms with Gasteiger partial charge in [-0.2, -0.15) is 5.10 Å². The number of nitrogens with zero attached hydrogens (tertiary/aromatic N) is 2. The summed E-state index contributed by atoms with van der Waals surface area (Å²) in [4.78, 5) is 0. The first-order valence-electron chi connectivity index (χ1n) is 5.25. The van der Waals surface area contributed by atoms with Gasteiger partial charge < -0.3 is 5.73 Å². The minimum atomic E-state index is -0.125. The molecule has 0 bridgehead atoms. The second-order valence-corrected chi connectivity index (χ2v) is 4.52. The summed E-state index contributed by atoms with van der Waals surface area (Å²) in [7, 11) is 0. The van der Waals surface area contributed by atoms with E-state index in [0.717, 1.165) is 22.3 Å². The molecule has 1 unspecified atom stereocenters. The van der Waals surface area contributed by atoms with Crippen molar-refractivity contribution in [3.8, 4) is 0 Å². The number of hydrogen-bond acceptors (Lipinski definition) is 2. The first-order chi connectivity index (χ1) is 7.72. The first-order valence-corrected chi connectivity index (χ1v) is 6.04. The van der Waals surface area contributed by atoms with Gasteiger partial charge in [0, 0.05) is 17.2 Å². The maximum Gasteiger partial charge on any atom is 0.0723 e. The summed E-state index contributed by atoms with van der Waals surface area (Å²) in [6.07, 6.45) is 1.79. The van der Waals surface area contributed by atoms with Crippen LogP contribution < -0.4 is 5.73 Å². The summed E-state index contributed by atoms with van der Waals surface area (Å²) in [6, 6.07) is 9.90. The zero-order valence-corrected chi connectivity index (χ0v) is 10.7. The van der Waals surface area contributed by atoms with Gasteiger partial charge in [-0.15, -0.1) is 0 Å². The largest absolute Gasteiger partial charge is 0.319 e. The van der Waals surface area contributed by atoms with Crippen molar-refractivity contribution in [2.45, 2.75) is 19.5 Å². The van der Waals surface area contributed by atoms with Gasteiger partial charge in [0.25, 0.3) is 0 Å². The summed E-state index contributed by atoms with van der Waals surface area (Å²) in [6.45, 7) is 2.90. The van der Waals surface area contributed by atoms with E-state index in [0.29, 0.717) is 0 Å². The highest BCUT2D eigenvalue weighted by Crippen LogP contribution is 2.22. The molecule has 0 fully saturated rings. The topological polar surface area (TPSA) is 43.8 Å². The standard InChI is InChI=1S/C12H14BrN3/c1-2-16-11(6-7-15-16)12(14)9-4-3-5-10(13)8-9/h3-8,12H,2,14H2,1H3. The summed E-state index contributed by atoms with van der Waals surface area (Å²) >= 11 is 3.45. The minimum absolute atomic E-state index is 0.125. The van der Waals surface area contributed by atoms with E-state index in [4.69, 9.17) is 5.73 Å². The molecule has 84 valence electrons. The van der Waals surface area contributed by atoms with Gasteiger partial charge >= 0.3 is 0 Å². The van der Waals surface area contributed by atoms with Crippen LogP contribution in [0.3, 0.4) is 0 Å². The highest BCUT2D eigenvalue weighted by Gasteiger charge is 2.13. The molecule has 16 heavy (non-hydrogen) atoms. The molecule has 1 atom stereocenters. The van der Waals surface area contributed by atoms with Crippen LogP contribution in [0.1, 0.15) is 24.2 Å². The third-order valence-corrected chi connectivity index (χ3v) is 3.07. The predicted octanol–water partition coefficient (Wildman–Crippen LogP) is 2.71. The molecule has 1 heterocycles. The molecule has 0 amide bonds. The second-order valence-electron chi connectivity index (χ2n) is 3.60. The Morgan fingerprint density at radius 1 is 1.44 bits per heavy atom. The quantitative estimate of drug-likeness (QED) is 0.939. The molecular weight excluding hydrogens is 266 g/mol. The monoisotopic (exact) mass is 279 g/mol. The Morgan fingerprint density at radius 2 is 2.25 bits per heavy atom. The SMILES string of the molecule is CCn1nccc1C(N)c1cccc(Br)c1. The van der Waals surface area contributed by atoms with Crippen LogP contribution in [0.5, 0.6) is 0 Å². The second kappa shape index (κ2) is 4.80. The van der Waals surface area contributed by atoms with Crippen molar-refractivity contribution in [2.24, 2.45) is 5.73 Å². The van der Waals surface area contributed by atoms with Crippen LogP contribution in [0.25, 0.3) is 0 Å². The fraction of sp³-hybridized carbons (Fsp3) is 0.250. The van der Waals surface area contributed by atoms with E-state index >= 15 is 0 Å². The van der Waals surface area contributed by atoms with E-state index < -0.39 is 0 Å². The maximum atomic E-state index is 6.22. The zero-order valence-electron chi connectivity index (χ0n) is 9.10. The summed E-state index contributed by atoms with van der Waals surface area (Å²) in [5.74, 6) is 0. The van der Waals surface area contributed by atoms with Crippen molar-refractivity contribution in [3.63, 3.8) is 0 Å². The van der Waals surface area contributed by atoms with Crippen molar-refractivity contribution in [1.82, 2.24) is 9.78 Å². The molecule has 4 heteroatoms. The third-order valence-electron chi connectivity index (χ3n) is 2.58. The number of aromatic nitrogens is 2. The van der Waals surface area contributed by atoms with Crippen molar-refractivity contribution in [2.75, 3.05) is 0 Å². The van der Waals surface area contributed by atoms with E-state index in [1.807, 2.05) is 35.0 Å². The number of hydrogen-bond donors (Lipinski definition) is 1. The van der Waals surface area contributed by atoms with Crippen LogP contribution in [0.15, 0.2) is 41.0 Å². The van der Waals surface area contributed by atoms with E-state index in [1.54, 1.807) is 6.20 Å². The number of benzene rings is 1. The molecule has 1 aromatic carbocycles. The Labute approximate surface area is 103 Å². The fourth-order valence-electron chi connectivity index (χ4n) is 1.74. The molecule has 0 aliphatic heterocycles. The average Bonchev–Trinajstić information content (AvgIpc) is 2.76. The highest BCUT2D eigenvalue weighted by atomic mass is 79.9. The van der Waals surface area contributed by atoms with Gasteiger partial charge in [0.1, 0.15) is 0 Å². The molecule has 1 aromatic heterocycles. The lowest BCUT2D eigenvalue weighted by Crippen LogP contribution is -2.17. The normalized spacial score (nSPS) is 12.7. The van der Waals surface area contributed by atoms with Crippen LogP contribution in [-0.4, -0.2) is 9.78 Å². The number of halogens is 1. The number of rotatable bonds is 3. The molecule has 2 aromatic rings. The van der Waals surface area contributed by atoms with Crippen LogP contribution >= 0.6 is 15.9 Å². The van der Waals surface area contributed by atoms with Crippen LogP contribution in [0, 0.1) is 0 Å². The van der Waals surface area contributed by atoms with Crippen molar-refractivity contribution >= 4 is 15.9 Å². The highest BCUT2D eigenvalue weighted by molar-refractivity contribution is 9.10. The van der Waals surface area contributed by atoms with Crippen molar-refractivity contribution in [3.05, 3.63) is 52.3 Å². The molecule has 0 aliphatic carbocycles. The average molecular weight is 280 g/mol. The molecule has 3 nitrogen and oxygen atoms in total. The van der Waals surface area contributed by atoms with Gasteiger partial charge in [-0.1, -0.05) is 28.1 Å². The smallest absolute Gasteiger partial charge is 0.0723 e. The molecule has 0 spiro atoms. The van der Waals surface area contributed by atoms with Gasteiger partial charge in [-0.05, 0) is 30.7 Å². The number of nitrogens with two attached hydrogens (primary N) is 1. The van der Waals surface area contributed by atoms with Gasteiger partial charge in [-0.25, -0.2) is 0 Å². The van der Waals surface area contributed by atoms with Crippen molar-refractivity contribution in [1.29, 1.82) is 0 Å². The van der Waals surface area contributed by atoms with Gasteiger partial charge in [0.15, 0.2) is 0 Å². The lowest BCUT2D eigenvalue weighted by molar-refractivity contribution is 0.601. The van der Waals surface area contributed by atoms with Crippen molar-refractivity contribution < 1.29 is 0 Å². The Bertz CT molecular complexity index is 479. The Kier molecular flexibility index (Phi) is 3.41. The summed E-state index contributed by atoms with van der Waals surface area (Å²) in [5, 5.41) is 4.23. The van der Waals surface area contributed by atoms with E-state index in [-0.39, 0.29) is 6.04 Å². The molecule has 2 N–H and O–H groups in total. The lowest BCUT2D eigenvalue weighted by Gasteiger charge is -2.14. The third kappa shape index (κ3) is 2.18. The first kappa shape index (κ1) is 11.4. The Morgan fingerprint density at radius 3 is 2.94 bits per heavy atom. The molecule has 0 saturated heterocycles. The van der Waals surface area contributed by atoms with E-state index in [1.165, 1.54) is 0 Å². The van der Waals surface area contributed by atoms with Crippen LogP contribution in [0.4, 0.5) is 0 Å². The molecular formula is C12H14BrN3. The van der Waals surface area contributed by atoms with Crippen LogP contribution in [-0.2, 0) is 6.54 Å². The number of aryl methyl sites for hydroxylation is 1. The molecule has 0 aliphatic rings. The van der Waals surface area contributed by atoms with Gasteiger partial charge in [0.05, 0.1) is 11.7 Å². The summed E-state index contributed by atoms with van der Waals surface area (Å²) < 4.78 is 2.97. The van der Waals surface area contributed by atoms with Gasteiger partial charge in [0.2, 0.25) is 0 Å². The lowest BCUT2D eigenvalue weighted by atomic mass is 10.1. The molecule has 0 saturated carbocycles. The fourth-order valence-corrected chi connectivity index (χ4v) is 2.16. The molecule has 2 rings (SSSR count). The molecule has 0 radical (unpaired) electrons. The summed E-state index contributed by atoms with van der Waals surface area (Å²) in [5.41, 5.74) is 8.35. The zero-order chi connectivity index (χ0) is 11.5. The Hall–Kier alpha value is -1.13. The van der Waals surface area contributed by atoms with E-state index in [2.05, 4.69) is 28.0 Å².